The van der Waals surface area contributed by atoms with Crippen LogP contribution in [0.1, 0.15) is 68.8 Å². The largest absolute Gasteiger partial charge is 0.392 e. The van der Waals surface area contributed by atoms with E-state index in [1.165, 1.54) is 5.56 Å². The summed E-state index contributed by atoms with van der Waals surface area (Å²) in [4.78, 5) is 29.1. The van der Waals surface area contributed by atoms with Gasteiger partial charge < -0.3 is 16.2 Å². The van der Waals surface area contributed by atoms with E-state index in [0.29, 0.717) is 19.3 Å². The predicted octanol–water partition coefficient (Wildman–Crippen LogP) is 5.04. The van der Waals surface area contributed by atoms with Crippen molar-refractivity contribution in [3.05, 3.63) is 101 Å². The molecule has 4 N–H and O–H groups in total. The number of aliphatic hydroxyl groups excluding tert-OH is 1. The lowest BCUT2D eigenvalue weighted by molar-refractivity contribution is -0.127. The highest BCUT2D eigenvalue weighted by atomic mass is 16.3. The third-order valence-corrected chi connectivity index (χ3v) is 7.35. The molecule has 42 heavy (non-hydrogen) atoms. The van der Waals surface area contributed by atoms with Crippen molar-refractivity contribution in [2.75, 3.05) is 0 Å². The summed E-state index contributed by atoms with van der Waals surface area (Å²) in [5, 5.41) is 16.9. The van der Waals surface area contributed by atoms with Gasteiger partial charge in [-0.25, -0.2) is 4.68 Å². The lowest BCUT2D eigenvalue weighted by Gasteiger charge is -2.19. The highest BCUT2D eigenvalue weighted by Crippen LogP contribution is 2.26. The summed E-state index contributed by atoms with van der Waals surface area (Å²) in [5.41, 5.74) is 12.3. The number of pyridine rings is 1. The van der Waals surface area contributed by atoms with E-state index >= 15 is 0 Å². The lowest BCUT2D eigenvalue weighted by atomic mass is 9.87. The number of rotatable bonds is 13. The van der Waals surface area contributed by atoms with E-state index in [9.17, 15) is 14.7 Å². The van der Waals surface area contributed by atoms with Crippen molar-refractivity contribution in [2.24, 2.45) is 5.73 Å². The molecular weight excluding hydrogens is 526 g/mol. The zero-order valence-corrected chi connectivity index (χ0v) is 24.7. The standard InChI is InChI=1S/C34H41N5O3/c1-34(2,3)26-16-18-27(19-17-26)39-28(22-30(38-39)29-10-7-8-20-36-29)9-5-4-6-11-32(41)37-31(33(35)42)21-24-12-14-25(23-40)15-13-24/h7-8,10,12-20,22,31,40H,4-6,9,11,21,23H2,1-3H3,(H2,35,42)(H,37,41)/t31-/m0/s1. The normalized spacial score (nSPS) is 12.2. The first-order valence-electron chi connectivity index (χ1n) is 14.5. The third-order valence-electron chi connectivity index (χ3n) is 7.35. The molecule has 0 saturated heterocycles. The molecule has 2 aromatic carbocycles. The topological polar surface area (TPSA) is 123 Å². The van der Waals surface area contributed by atoms with Crippen LogP contribution < -0.4 is 11.1 Å². The first-order valence-corrected chi connectivity index (χ1v) is 14.5. The van der Waals surface area contributed by atoms with Gasteiger partial charge in [-0.3, -0.25) is 14.6 Å². The number of aliphatic hydroxyl groups is 1. The second-order valence-corrected chi connectivity index (χ2v) is 11.7. The van der Waals surface area contributed by atoms with Crippen LogP contribution in [0.3, 0.4) is 0 Å². The van der Waals surface area contributed by atoms with Crippen LogP contribution in [0, 0.1) is 0 Å². The molecule has 0 spiro atoms. The summed E-state index contributed by atoms with van der Waals surface area (Å²) in [5.74, 6) is -0.755. The minimum atomic E-state index is -0.776. The van der Waals surface area contributed by atoms with Gasteiger partial charge >= 0.3 is 0 Å². The molecule has 4 rings (SSSR count). The van der Waals surface area contributed by atoms with Crippen LogP contribution >= 0.6 is 0 Å². The average Bonchev–Trinajstić information content (AvgIpc) is 3.41. The van der Waals surface area contributed by atoms with E-state index in [4.69, 9.17) is 10.8 Å². The van der Waals surface area contributed by atoms with Crippen LogP contribution in [0.5, 0.6) is 0 Å². The highest BCUT2D eigenvalue weighted by Gasteiger charge is 2.19. The van der Waals surface area contributed by atoms with Gasteiger partial charge in [0.2, 0.25) is 11.8 Å². The van der Waals surface area contributed by atoms with Gasteiger partial charge in [0.05, 0.1) is 18.0 Å². The fourth-order valence-electron chi connectivity index (χ4n) is 4.84. The summed E-state index contributed by atoms with van der Waals surface area (Å²) < 4.78 is 1.99. The lowest BCUT2D eigenvalue weighted by Crippen LogP contribution is -2.45. The van der Waals surface area contributed by atoms with E-state index in [-0.39, 0.29) is 17.9 Å². The van der Waals surface area contributed by atoms with Crippen molar-refractivity contribution >= 4 is 11.8 Å². The number of carbonyl (C=O) groups is 2. The van der Waals surface area contributed by atoms with Gasteiger partial charge in [-0.15, -0.1) is 0 Å². The molecule has 8 nitrogen and oxygen atoms in total. The summed E-state index contributed by atoms with van der Waals surface area (Å²) in [6.45, 7) is 6.56. The molecule has 0 unspecified atom stereocenters. The highest BCUT2D eigenvalue weighted by molar-refractivity contribution is 5.86. The van der Waals surface area contributed by atoms with Crippen LogP contribution in [0.2, 0.25) is 0 Å². The van der Waals surface area contributed by atoms with Gasteiger partial charge in [0.15, 0.2) is 0 Å². The third kappa shape index (κ3) is 8.36. The molecule has 0 fully saturated rings. The maximum atomic E-state index is 12.6. The Kier molecular flexibility index (Phi) is 10.3. The smallest absolute Gasteiger partial charge is 0.240 e. The van der Waals surface area contributed by atoms with Crippen LogP contribution in [0.4, 0.5) is 0 Å². The van der Waals surface area contributed by atoms with Gasteiger partial charge in [-0.1, -0.05) is 69.7 Å². The Morgan fingerprint density at radius 3 is 2.26 bits per heavy atom. The number of amides is 2. The van der Waals surface area contributed by atoms with Crippen molar-refractivity contribution in [1.29, 1.82) is 0 Å². The van der Waals surface area contributed by atoms with Gasteiger partial charge in [-0.2, -0.15) is 5.10 Å². The number of hydrogen-bond donors (Lipinski definition) is 3. The monoisotopic (exact) mass is 567 g/mol. The zero-order chi connectivity index (χ0) is 30.1. The first-order chi connectivity index (χ1) is 20.1. The van der Waals surface area contributed by atoms with E-state index in [1.54, 1.807) is 18.3 Å². The molecule has 0 aliphatic carbocycles. The maximum Gasteiger partial charge on any atom is 0.240 e. The molecular formula is C34H41N5O3. The van der Waals surface area contributed by atoms with Crippen molar-refractivity contribution in [1.82, 2.24) is 20.1 Å². The summed E-state index contributed by atoms with van der Waals surface area (Å²) >= 11 is 0. The van der Waals surface area contributed by atoms with E-state index < -0.39 is 11.9 Å². The number of primary amides is 1. The summed E-state index contributed by atoms with van der Waals surface area (Å²) in [7, 11) is 0. The molecule has 0 aliphatic rings. The molecule has 220 valence electrons. The Morgan fingerprint density at radius 1 is 0.929 bits per heavy atom. The van der Waals surface area contributed by atoms with E-state index in [1.807, 2.05) is 35.0 Å². The van der Waals surface area contributed by atoms with Crippen LogP contribution in [0.15, 0.2) is 79.0 Å². The van der Waals surface area contributed by atoms with Gasteiger partial charge in [0.25, 0.3) is 0 Å². The van der Waals surface area contributed by atoms with Gasteiger partial charge in [-0.05, 0) is 71.7 Å². The molecule has 2 amide bonds. The number of hydrogen-bond acceptors (Lipinski definition) is 5. The Balaban J connectivity index is 1.34. The summed E-state index contributed by atoms with van der Waals surface area (Å²) in [6.07, 6.45) is 5.64. The number of nitrogens with one attached hydrogen (secondary N) is 1. The average molecular weight is 568 g/mol. The fourth-order valence-corrected chi connectivity index (χ4v) is 4.84. The molecule has 0 radical (unpaired) electrons. The number of benzene rings is 2. The molecule has 4 aromatic rings. The van der Waals surface area contributed by atoms with Crippen molar-refractivity contribution in [3.63, 3.8) is 0 Å². The van der Waals surface area contributed by atoms with Crippen molar-refractivity contribution < 1.29 is 14.7 Å². The predicted molar refractivity (Wildman–Crippen MR) is 165 cm³/mol. The fraction of sp³-hybridized carbons (Fsp3) is 0.353. The Hall–Kier alpha value is -4.30. The summed E-state index contributed by atoms with van der Waals surface area (Å²) in [6, 6.07) is 22.9. The number of aryl methyl sites for hydroxylation is 1. The molecule has 0 bridgehead atoms. The molecule has 1 atom stereocenters. The Labute approximate surface area is 248 Å². The number of nitrogens with two attached hydrogens (primary N) is 1. The first kappa shape index (κ1) is 30.7. The van der Waals surface area contributed by atoms with Gasteiger partial charge in [0, 0.05) is 24.7 Å². The number of unbranched alkanes of at least 4 members (excludes halogenated alkanes) is 2. The molecule has 2 heterocycles. The van der Waals surface area contributed by atoms with E-state index in [2.05, 4.69) is 61.4 Å². The van der Waals surface area contributed by atoms with Crippen molar-refractivity contribution in [2.45, 2.75) is 77.4 Å². The number of aromatic nitrogens is 3. The van der Waals surface area contributed by atoms with Crippen molar-refractivity contribution in [3.8, 4) is 17.1 Å². The molecule has 2 aromatic heterocycles. The zero-order valence-electron chi connectivity index (χ0n) is 24.7. The Morgan fingerprint density at radius 2 is 1.64 bits per heavy atom. The Bertz CT molecular complexity index is 1460. The van der Waals surface area contributed by atoms with Crippen LogP contribution in [0.25, 0.3) is 17.1 Å². The molecule has 8 heteroatoms. The van der Waals surface area contributed by atoms with E-state index in [0.717, 1.165) is 53.2 Å². The van der Waals surface area contributed by atoms with Crippen LogP contribution in [-0.4, -0.2) is 37.7 Å². The second-order valence-electron chi connectivity index (χ2n) is 11.7. The number of nitrogens with zero attached hydrogens (tertiary/aromatic N) is 3. The maximum absolute atomic E-state index is 12.6. The molecule has 0 aliphatic heterocycles. The van der Waals surface area contributed by atoms with Crippen LogP contribution in [-0.2, 0) is 34.5 Å². The number of carbonyl (C=O) groups excluding carboxylic acids is 2. The minimum Gasteiger partial charge on any atom is -0.392 e. The molecule has 0 saturated carbocycles. The second kappa shape index (κ2) is 14.0. The van der Waals surface area contributed by atoms with Gasteiger partial charge in [0.1, 0.15) is 11.7 Å². The SMILES string of the molecule is CC(C)(C)c1ccc(-n2nc(-c3ccccn3)cc2CCCCCC(=O)N[C@@H](Cc2ccc(CO)cc2)C(N)=O)cc1. The minimum absolute atomic E-state index is 0.0471. The quantitative estimate of drug-likeness (QED) is 0.195.